The van der Waals surface area contributed by atoms with Crippen LogP contribution < -0.4 is 4.74 Å². The molecule has 0 aliphatic heterocycles. The zero-order valence-electron chi connectivity index (χ0n) is 26.6. The van der Waals surface area contributed by atoms with Crippen LogP contribution in [0.3, 0.4) is 0 Å². The van der Waals surface area contributed by atoms with E-state index < -0.39 is 9.84 Å². The summed E-state index contributed by atoms with van der Waals surface area (Å²) in [6, 6.07) is 32.4. The number of rotatable bonds is 7. The van der Waals surface area contributed by atoms with Crippen molar-refractivity contribution in [2.45, 2.75) is 38.5 Å². The van der Waals surface area contributed by atoms with Crippen LogP contribution >= 0.6 is 0 Å². The molecule has 0 atom stereocenters. The van der Waals surface area contributed by atoms with Gasteiger partial charge in [-0.3, -0.25) is 4.68 Å². The van der Waals surface area contributed by atoms with Gasteiger partial charge in [0.25, 0.3) is 0 Å². The average Bonchev–Trinajstić information content (AvgIpc) is 3.63. The summed E-state index contributed by atoms with van der Waals surface area (Å²) in [5.41, 5.74) is 7.44. The van der Waals surface area contributed by atoms with Gasteiger partial charge in [0.2, 0.25) is 0 Å². The molecule has 0 aliphatic rings. The molecule has 4 aromatic carbocycles. The van der Waals surface area contributed by atoms with Crippen molar-refractivity contribution in [2.75, 3.05) is 6.26 Å². The Morgan fingerprint density at radius 2 is 1.60 bits per heavy atom. The Morgan fingerprint density at radius 1 is 0.851 bits per heavy atom. The second kappa shape index (κ2) is 12.6. The number of sulfone groups is 1. The molecule has 7 rings (SSSR count). The molecule has 47 heavy (non-hydrogen) atoms. The SMILES string of the molecule is Cc1cc(S(C)(=O)=O)cc(C)c1-c1cnn(-c2[c-]c(Oc3[c-]c4c(cc3)c3ccccc3n4-c3cc(C(C)C)ccn3)ccc2)c1.[Pt+2]. The molecular weight excluding hydrogens is 788 g/mol. The third-order valence-corrected chi connectivity index (χ3v) is 9.34. The quantitative estimate of drug-likeness (QED) is 0.151. The van der Waals surface area contributed by atoms with E-state index in [-0.39, 0.29) is 21.1 Å². The maximum absolute atomic E-state index is 12.1. The first kappa shape index (κ1) is 32.4. The Morgan fingerprint density at radius 3 is 2.34 bits per heavy atom. The zero-order valence-corrected chi connectivity index (χ0v) is 29.6. The molecule has 0 spiro atoms. The van der Waals surface area contributed by atoms with E-state index in [4.69, 9.17) is 9.72 Å². The monoisotopic (exact) mass is 819 g/mol. The van der Waals surface area contributed by atoms with E-state index in [1.165, 1.54) is 11.8 Å². The summed E-state index contributed by atoms with van der Waals surface area (Å²) >= 11 is 0. The fourth-order valence-electron chi connectivity index (χ4n) is 6.01. The predicted molar refractivity (Wildman–Crippen MR) is 182 cm³/mol. The molecule has 7 nitrogen and oxygen atoms in total. The third-order valence-electron chi connectivity index (χ3n) is 8.25. The minimum atomic E-state index is -3.30. The van der Waals surface area contributed by atoms with Crippen LogP contribution in [-0.4, -0.2) is 34.0 Å². The van der Waals surface area contributed by atoms with Gasteiger partial charge in [0.15, 0.2) is 9.84 Å². The number of nitrogens with zero attached hydrogens (tertiary/aromatic N) is 4. The number of benzene rings is 4. The standard InChI is InChI=1S/C38H32N4O3S.Pt/c1-24(2)27-15-16-39-37(19-27)42-35-12-7-6-11-33(35)34-14-13-31(21-36(34)42)45-30-10-8-9-29(20-30)41-23-28(22-40-41)38-25(3)17-32(18-26(38)4)46(5,43)44;/h6-19,22-24H,1-5H3;/q-2;+2. The maximum Gasteiger partial charge on any atom is 2.00 e. The van der Waals surface area contributed by atoms with E-state index >= 15 is 0 Å². The van der Waals surface area contributed by atoms with E-state index in [1.54, 1.807) is 23.0 Å². The molecule has 0 bridgehead atoms. The molecule has 0 saturated heterocycles. The van der Waals surface area contributed by atoms with Gasteiger partial charge in [-0.15, -0.1) is 35.7 Å². The smallest absolute Gasteiger partial charge is 0.509 e. The molecule has 0 N–H and O–H groups in total. The van der Waals surface area contributed by atoms with Crippen LogP contribution in [0.15, 0.2) is 102 Å². The van der Waals surface area contributed by atoms with E-state index in [9.17, 15) is 8.42 Å². The second-order valence-electron chi connectivity index (χ2n) is 11.9. The molecule has 0 amide bonds. The molecule has 9 heteroatoms. The van der Waals surface area contributed by atoms with Crippen molar-refractivity contribution in [1.29, 1.82) is 0 Å². The predicted octanol–water partition coefficient (Wildman–Crippen LogP) is 8.57. The third kappa shape index (κ3) is 6.16. The summed E-state index contributed by atoms with van der Waals surface area (Å²) in [6.07, 6.45) is 6.78. The summed E-state index contributed by atoms with van der Waals surface area (Å²) in [7, 11) is -3.30. The van der Waals surface area contributed by atoms with E-state index in [2.05, 4.69) is 66.0 Å². The summed E-state index contributed by atoms with van der Waals surface area (Å²) in [5.74, 6) is 2.30. The molecular formula is C38H32N4O3PtS. The van der Waals surface area contributed by atoms with Crippen molar-refractivity contribution in [1.82, 2.24) is 19.3 Å². The Kier molecular flexibility index (Phi) is 8.68. The van der Waals surface area contributed by atoms with Crippen LogP contribution in [0.25, 0.3) is 44.4 Å². The first-order chi connectivity index (χ1) is 22.1. The van der Waals surface area contributed by atoms with Gasteiger partial charge < -0.3 is 9.30 Å². The summed E-state index contributed by atoms with van der Waals surface area (Å²) < 4.78 is 34.4. The fourth-order valence-corrected chi connectivity index (χ4v) is 6.79. The van der Waals surface area contributed by atoms with Gasteiger partial charge in [-0.2, -0.15) is 17.2 Å². The van der Waals surface area contributed by atoms with Crippen LogP contribution in [0, 0.1) is 26.0 Å². The summed E-state index contributed by atoms with van der Waals surface area (Å²) in [5, 5.41) is 6.78. The average molecular weight is 820 g/mol. The van der Waals surface area contributed by atoms with Crippen molar-refractivity contribution in [3.63, 3.8) is 0 Å². The van der Waals surface area contributed by atoms with Gasteiger partial charge >= 0.3 is 21.1 Å². The topological polar surface area (TPSA) is 79.0 Å². The minimum Gasteiger partial charge on any atom is -0.509 e. The van der Waals surface area contributed by atoms with Crippen LogP contribution in [0.1, 0.15) is 36.5 Å². The largest absolute Gasteiger partial charge is 2.00 e. The van der Waals surface area contributed by atoms with Gasteiger partial charge in [-0.25, -0.2) is 13.4 Å². The van der Waals surface area contributed by atoms with Crippen LogP contribution in [0.5, 0.6) is 11.5 Å². The van der Waals surface area contributed by atoms with Crippen molar-refractivity contribution < 1.29 is 34.2 Å². The van der Waals surface area contributed by atoms with Crippen molar-refractivity contribution in [2.24, 2.45) is 0 Å². The van der Waals surface area contributed by atoms with E-state index in [0.29, 0.717) is 28.0 Å². The van der Waals surface area contributed by atoms with Gasteiger partial charge in [0.1, 0.15) is 5.82 Å². The molecule has 0 fully saturated rings. The maximum atomic E-state index is 12.1. The first-order valence-corrected chi connectivity index (χ1v) is 16.9. The molecule has 238 valence electrons. The van der Waals surface area contributed by atoms with E-state index in [0.717, 1.165) is 49.9 Å². The van der Waals surface area contributed by atoms with Gasteiger partial charge in [-0.1, -0.05) is 37.6 Å². The van der Waals surface area contributed by atoms with Crippen molar-refractivity contribution in [3.05, 3.63) is 126 Å². The number of para-hydroxylation sites is 1. The number of aromatic nitrogens is 4. The molecule has 3 heterocycles. The Hall–Kier alpha value is -4.52. The molecule has 0 unspecified atom stereocenters. The number of ether oxygens (including phenoxy) is 1. The number of hydrogen-bond acceptors (Lipinski definition) is 5. The van der Waals surface area contributed by atoms with Gasteiger partial charge in [0, 0.05) is 41.2 Å². The molecule has 0 radical (unpaired) electrons. The van der Waals surface area contributed by atoms with Gasteiger partial charge in [-0.05, 0) is 83.4 Å². The molecule has 7 aromatic rings. The van der Waals surface area contributed by atoms with Crippen molar-refractivity contribution in [3.8, 4) is 34.1 Å². The molecule has 3 aromatic heterocycles. The Bertz CT molecular complexity index is 2370. The first-order valence-electron chi connectivity index (χ1n) is 15.1. The normalized spacial score (nSPS) is 11.7. The minimum absolute atomic E-state index is 0. The van der Waals surface area contributed by atoms with Crippen LogP contribution in [0.2, 0.25) is 0 Å². The van der Waals surface area contributed by atoms with Crippen LogP contribution in [0.4, 0.5) is 0 Å². The second-order valence-corrected chi connectivity index (χ2v) is 13.9. The summed E-state index contributed by atoms with van der Waals surface area (Å²) in [4.78, 5) is 5.04. The number of pyridine rings is 1. The Balaban J connectivity index is 0.00000386. The number of hydrogen-bond donors (Lipinski definition) is 0. The summed E-state index contributed by atoms with van der Waals surface area (Å²) in [6.45, 7) is 8.19. The fraction of sp³-hybridized carbons (Fsp3) is 0.158. The number of aryl methyl sites for hydroxylation is 2. The van der Waals surface area contributed by atoms with Gasteiger partial charge in [0.05, 0.1) is 11.1 Å². The molecule has 0 aliphatic carbocycles. The van der Waals surface area contributed by atoms with E-state index in [1.807, 2.05) is 62.6 Å². The number of fused-ring (bicyclic) bond motifs is 3. The van der Waals surface area contributed by atoms with Crippen LogP contribution in [-0.2, 0) is 30.9 Å². The van der Waals surface area contributed by atoms with Crippen molar-refractivity contribution >= 4 is 31.6 Å². The zero-order chi connectivity index (χ0) is 32.2. The molecule has 0 saturated carbocycles. The Labute approximate surface area is 289 Å².